The van der Waals surface area contributed by atoms with Crippen LogP contribution < -0.4 is 10.6 Å². The van der Waals surface area contributed by atoms with Crippen LogP contribution in [0.25, 0.3) is 11.0 Å². The summed E-state index contributed by atoms with van der Waals surface area (Å²) in [6.07, 6.45) is 1.71. The van der Waals surface area contributed by atoms with Gasteiger partial charge in [-0.05, 0) is 38.1 Å². The molecule has 0 bridgehead atoms. The van der Waals surface area contributed by atoms with Crippen molar-refractivity contribution in [3.8, 4) is 0 Å². The van der Waals surface area contributed by atoms with E-state index in [9.17, 15) is 4.79 Å². The van der Waals surface area contributed by atoms with Crippen molar-refractivity contribution < 1.29 is 4.79 Å². The van der Waals surface area contributed by atoms with E-state index in [1.54, 1.807) is 6.20 Å². The zero-order chi connectivity index (χ0) is 16.2. The largest absolute Gasteiger partial charge is 0.340 e. The lowest BCUT2D eigenvalue weighted by Crippen LogP contribution is -2.38. The Hall–Kier alpha value is -2.89. The maximum atomic E-state index is 12.1. The Bertz CT molecular complexity index is 766. The third kappa shape index (κ3) is 3.48. The van der Waals surface area contributed by atoms with E-state index in [4.69, 9.17) is 0 Å². The van der Waals surface area contributed by atoms with Crippen LogP contribution in [0.15, 0.2) is 48.7 Å². The fourth-order valence-corrected chi connectivity index (χ4v) is 2.39. The molecule has 0 saturated heterocycles. The van der Waals surface area contributed by atoms with Crippen molar-refractivity contribution in [2.75, 3.05) is 0 Å². The second-order valence-electron chi connectivity index (χ2n) is 5.45. The van der Waals surface area contributed by atoms with Crippen molar-refractivity contribution in [2.45, 2.75) is 25.9 Å². The van der Waals surface area contributed by atoms with Crippen LogP contribution in [-0.4, -0.2) is 21.0 Å². The minimum Gasteiger partial charge on any atom is -0.340 e. The highest BCUT2D eigenvalue weighted by Gasteiger charge is 2.15. The molecule has 0 radical (unpaired) electrons. The average Bonchev–Trinajstić information content (AvgIpc) is 2.99. The van der Waals surface area contributed by atoms with Crippen LogP contribution in [0.5, 0.6) is 0 Å². The second kappa shape index (κ2) is 6.48. The zero-order valence-corrected chi connectivity index (χ0v) is 13.1. The van der Waals surface area contributed by atoms with Crippen molar-refractivity contribution in [1.29, 1.82) is 0 Å². The fourth-order valence-electron chi connectivity index (χ4n) is 2.39. The zero-order valence-electron chi connectivity index (χ0n) is 13.1. The predicted molar refractivity (Wildman–Crippen MR) is 88.8 cm³/mol. The number of pyridine rings is 1. The molecule has 0 unspecified atom stereocenters. The number of amides is 2. The lowest BCUT2D eigenvalue weighted by Gasteiger charge is -2.16. The lowest BCUT2D eigenvalue weighted by atomic mass is 10.2. The van der Waals surface area contributed by atoms with Gasteiger partial charge in [-0.2, -0.15) is 0 Å². The van der Waals surface area contributed by atoms with Gasteiger partial charge in [0.2, 0.25) is 0 Å². The van der Waals surface area contributed by atoms with Gasteiger partial charge < -0.3 is 15.6 Å². The molecule has 0 aliphatic carbocycles. The van der Waals surface area contributed by atoms with Crippen molar-refractivity contribution >= 4 is 17.1 Å². The van der Waals surface area contributed by atoms with Crippen molar-refractivity contribution in [3.63, 3.8) is 0 Å². The van der Waals surface area contributed by atoms with Gasteiger partial charge in [-0.1, -0.05) is 18.2 Å². The van der Waals surface area contributed by atoms with Crippen molar-refractivity contribution in [2.24, 2.45) is 0 Å². The second-order valence-corrected chi connectivity index (χ2v) is 5.45. The molecule has 23 heavy (non-hydrogen) atoms. The summed E-state index contributed by atoms with van der Waals surface area (Å²) in [5, 5.41) is 5.76. The summed E-state index contributed by atoms with van der Waals surface area (Å²) in [7, 11) is 0. The van der Waals surface area contributed by atoms with Gasteiger partial charge in [0.1, 0.15) is 5.82 Å². The number of hydrogen-bond donors (Lipinski definition) is 3. The molecule has 6 heteroatoms. The van der Waals surface area contributed by atoms with Gasteiger partial charge in [-0.15, -0.1) is 0 Å². The molecule has 2 heterocycles. The summed E-state index contributed by atoms with van der Waals surface area (Å²) in [4.78, 5) is 24.1. The molecule has 3 aromatic rings. The van der Waals surface area contributed by atoms with E-state index in [0.29, 0.717) is 0 Å². The highest BCUT2D eigenvalue weighted by atomic mass is 16.2. The molecule has 0 fully saturated rings. The van der Waals surface area contributed by atoms with Crippen LogP contribution >= 0.6 is 0 Å². The van der Waals surface area contributed by atoms with Gasteiger partial charge in [0.05, 0.1) is 28.8 Å². The molecule has 0 aliphatic rings. The standard InChI is InChI=1S/C17H19N5O/c1-11(13-7-5-6-10-18-13)19-17(23)20-12(2)16-21-14-8-3-4-9-15(14)22-16/h3-12H,1-2H3,(H,21,22)(H2,19,20,23)/t11-,12-/m0/s1. The molecule has 2 aromatic heterocycles. The summed E-state index contributed by atoms with van der Waals surface area (Å²) in [6.45, 7) is 3.79. The van der Waals surface area contributed by atoms with E-state index in [-0.39, 0.29) is 18.1 Å². The quantitative estimate of drug-likeness (QED) is 0.692. The first-order valence-electron chi connectivity index (χ1n) is 7.56. The number of aromatic nitrogens is 3. The number of carbonyl (C=O) groups excluding carboxylic acids is 1. The monoisotopic (exact) mass is 309 g/mol. The van der Waals surface area contributed by atoms with Gasteiger partial charge >= 0.3 is 6.03 Å². The topological polar surface area (TPSA) is 82.7 Å². The summed E-state index contributed by atoms with van der Waals surface area (Å²) in [5.41, 5.74) is 2.66. The maximum Gasteiger partial charge on any atom is 0.315 e. The smallest absolute Gasteiger partial charge is 0.315 e. The molecule has 2 amide bonds. The van der Waals surface area contributed by atoms with E-state index in [0.717, 1.165) is 22.6 Å². The number of nitrogens with one attached hydrogen (secondary N) is 3. The van der Waals surface area contributed by atoms with E-state index in [1.165, 1.54) is 0 Å². The van der Waals surface area contributed by atoms with Crippen LogP contribution in [0, 0.1) is 0 Å². The normalized spacial score (nSPS) is 13.5. The Kier molecular flexibility index (Phi) is 4.23. The highest BCUT2D eigenvalue weighted by Crippen LogP contribution is 2.15. The third-order valence-corrected chi connectivity index (χ3v) is 3.64. The van der Waals surface area contributed by atoms with Crippen LogP contribution in [0.3, 0.4) is 0 Å². The van der Waals surface area contributed by atoms with Gasteiger partial charge in [0.15, 0.2) is 0 Å². The van der Waals surface area contributed by atoms with E-state index < -0.39 is 0 Å². The number of benzene rings is 1. The SMILES string of the molecule is C[C@H](NC(=O)N[C@@H](C)c1nc2ccccc2[nH]1)c1ccccn1. The van der Waals surface area contributed by atoms with Gasteiger partial charge in [-0.3, -0.25) is 4.98 Å². The Morgan fingerprint density at radius 3 is 2.52 bits per heavy atom. The lowest BCUT2D eigenvalue weighted by molar-refractivity contribution is 0.234. The van der Waals surface area contributed by atoms with Gasteiger partial charge in [0, 0.05) is 6.20 Å². The van der Waals surface area contributed by atoms with Gasteiger partial charge in [-0.25, -0.2) is 9.78 Å². The molecule has 0 aliphatic heterocycles. The number of para-hydroxylation sites is 2. The van der Waals surface area contributed by atoms with Crippen LogP contribution in [0.4, 0.5) is 4.79 Å². The number of carbonyl (C=O) groups is 1. The number of nitrogens with zero attached hydrogens (tertiary/aromatic N) is 2. The number of urea groups is 1. The minimum absolute atomic E-state index is 0.168. The summed E-state index contributed by atoms with van der Waals surface area (Å²) in [5.74, 6) is 0.729. The number of aromatic amines is 1. The highest BCUT2D eigenvalue weighted by molar-refractivity contribution is 5.76. The fraction of sp³-hybridized carbons (Fsp3) is 0.235. The molecular weight excluding hydrogens is 290 g/mol. The maximum absolute atomic E-state index is 12.1. The summed E-state index contributed by atoms with van der Waals surface area (Å²) < 4.78 is 0. The molecule has 1 aromatic carbocycles. The van der Waals surface area contributed by atoms with Crippen molar-refractivity contribution in [3.05, 3.63) is 60.2 Å². The molecule has 3 rings (SSSR count). The minimum atomic E-state index is -0.254. The van der Waals surface area contributed by atoms with Crippen LogP contribution in [0.1, 0.15) is 37.4 Å². The summed E-state index contributed by atoms with van der Waals surface area (Å²) in [6, 6.07) is 12.8. The first-order chi connectivity index (χ1) is 11.1. The van der Waals surface area contributed by atoms with E-state index >= 15 is 0 Å². The predicted octanol–water partition coefficient (Wildman–Crippen LogP) is 3.08. The molecule has 2 atom stereocenters. The number of hydrogen-bond acceptors (Lipinski definition) is 3. The third-order valence-electron chi connectivity index (χ3n) is 3.64. The first-order valence-corrected chi connectivity index (χ1v) is 7.56. The molecule has 0 saturated carbocycles. The Morgan fingerprint density at radius 1 is 1.04 bits per heavy atom. The van der Waals surface area contributed by atoms with E-state index in [2.05, 4.69) is 25.6 Å². The van der Waals surface area contributed by atoms with E-state index in [1.807, 2.05) is 56.3 Å². The average molecular weight is 309 g/mol. The Labute approximate surface area is 134 Å². The van der Waals surface area contributed by atoms with Crippen LogP contribution in [0.2, 0.25) is 0 Å². The Morgan fingerprint density at radius 2 is 1.78 bits per heavy atom. The number of fused-ring (bicyclic) bond motifs is 1. The number of rotatable bonds is 4. The first kappa shape index (κ1) is 15.0. The molecule has 6 nitrogen and oxygen atoms in total. The molecule has 0 spiro atoms. The number of imidazole rings is 1. The number of H-pyrrole nitrogens is 1. The van der Waals surface area contributed by atoms with Crippen LogP contribution in [-0.2, 0) is 0 Å². The van der Waals surface area contributed by atoms with Gasteiger partial charge in [0.25, 0.3) is 0 Å². The molecular formula is C17H19N5O. The molecule has 118 valence electrons. The summed E-state index contributed by atoms with van der Waals surface area (Å²) >= 11 is 0. The Balaban J connectivity index is 1.63. The molecule has 3 N–H and O–H groups in total. The van der Waals surface area contributed by atoms with Crippen molar-refractivity contribution in [1.82, 2.24) is 25.6 Å².